The third-order valence-electron chi connectivity index (χ3n) is 8.23. The van der Waals surface area contributed by atoms with Gasteiger partial charge in [-0.2, -0.15) is 0 Å². The highest BCUT2D eigenvalue weighted by Crippen LogP contribution is 2.45. The Balaban J connectivity index is 1.35. The third kappa shape index (κ3) is 7.28. The molecule has 6 rings (SSSR count). The fourth-order valence-electron chi connectivity index (χ4n) is 5.82. The largest absolute Gasteiger partial charge is 0.368 e. The normalized spacial score (nSPS) is 22.3. The average Bonchev–Trinajstić information content (AvgIpc) is 3.37. The van der Waals surface area contributed by atoms with Crippen molar-refractivity contribution in [3.05, 3.63) is 139 Å². The van der Waals surface area contributed by atoms with Gasteiger partial charge in [0.25, 0.3) is 11.8 Å². The molecule has 0 bridgehead atoms. The van der Waals surface area contributed by atoms with Gasteiger partial charge in [0, 0.05) is 7.11 Å². The van der Waals surface area contributed by atoms with Gasteiger partial charge >= 0.3 is 0 Å². The minimum atomic E-state index is -0.956. The number of imide groups is 1. The molecule has 4 aromatic carbocycles. The number of halogens is 4. The fourth-order valence-corrected chi connectivity index (χ4v) is 6.84. The van der Waals surface area contributed by atoms with Gasteiger partial charge in [0.2, 0.25) is 0 Å². The number of rotatable bonds is 12. The first-order chi connectivity index (χ1) is 23.3. The summed E-state index contributed by atoms with van der Waals surface area (Å²) in [4.78, 5) is 28.5. The molecule has 250 valence electrons. The van der Waals surface area contributed by atoms with Gasteiger partial charge < -0.3 is 23.7 Å². The van der Waals surface area contributed by atoms with Crippen LogP contribution in [0.4, 0.5) is 0 Å². The molecule has 2 aliphatic heterocycles. The number of methoxy groups -OCH3 is 1. The second kappa shape index (κ2) is 15.7. The molecule has 48 heavy (non-hydrogen) atoms. The number of carbonyl (C=O) groups excluding carboxylic acids is 2. The van der Waals surface area contributed by atoms with E-state index in [-0.39, 0.29) is 57.6 Å². The first-order valence-corrected chi connectivity index (χ1v) is 16.7. The molecule has 0 N–H and O–H groups in total. The number of hydrogen-bond acceptors (Lipinski definition) is 7. The molecule has 0 saturated carbocycles. The summed E-state index contributed by atoms with van der Waals surface area (Å²) >= 11 is 25.3. The SMILES string of the molecule is CO[C@@H]1O[C@H](CN2C(=O)c3c(Cl)c(Cl)c(Cl)c(Cl)c3C2=O)[C@@H](OCc2ccccc2)[C@H](OCc2ccccc2)[C@H]1OCc1ccccc1. The monoisotopic (exact) mass is 729 g/mol. The van der Waals surface area contributed by atoms with Gasteiger partial charge in [-0.3, -0.25) is 14.5 Å². The van der Waals surface area contributed by atoms with Gasteiger partial charge in [-0.1, -0.05) is 137 Å². The molecular weight excluding hydrogens is 700 g/mol. The van der Waals surface area contributed by atoms with Crippen molar-refractivity contribution in [2.45, 2.75) is 50.5 Å². The van der Waals surface area contributed by atoms with Crippen molar-refractivity contribution < 1.29 is 33.3 Å². The third-order valence-corrected chi connectivity index (χ3v) is 10.0. The van der Waals surface area contributed by atoms with E-state index in [0.29, 0.717) is 0 Å². The highest BCUT2D eigenvalue weighted by molar-refractivity contribution is 6.55. The maximum absolute atomic E-state index is 13.7. The van der Waals surface area contributed by atoms with Crippen molar-refractivity contribution in [1.29, 1.82) is 0 Å². The first kappa shape index (κ1) is 34.8. The second-order valence-corrected chi connectivity index (χ2v) is 12.8. The summed E-state index contributed by atoms with van der Waals surface area (Å²) in [6, 6.07) is 29.0. The van der Waals surface area contributed by atoms with E-state index < -0.39 is 42.5 Å². The lowest BCUT2D eigenvalue weighted by Crippen LogP contribution is -2.63. The minimum absolute atomic E-state index is 0.115. The van der Waals surface area contributed by atoms with Crippen molar-refractivity contribution in [2.75, 3.05) is 13.7 Å². The maximum atomic E-state index is 13.7. The molecule has 1 saturated heterocycles. The Hall–Kier alpha value is -3.02. The highest BCUT2D eigenvalue weighted by Gasteiger charge is 2.51. The van der Waals surface area contributed by atoms with Crippen molar-refractivity contribution in [3.8, 4) is 0 Å². The van der Waals surface area contributed by atoms with E-state index in [1.807, 2.05) is 91.0 Å². The number of ether oxygens (including phenoxy) is 5. The van der Waals surface area contributed by atoms with E-state index in [0.717, 1.165) is 21.6 Å². The molecule has 2 aliphatic rings. The van der Waals surface area contributed by atoms with E-state index >= 15 is 0 Å². The van der Waals surface area contributed by atoms with Crippen LogP contribution in [0.1, 0.15) is 37.4 Å². The van der Waals surface area contributed by atoms with Gasteiger partial charge in [0.1, 0.15) is 24.4 Å². The highest BCUT2D eigenvalue weighted by atomic mass is 35.5. The second-order valence-electron chi connectivity index (χ2n) is 11.3. The van der Waals surface area contributed by atoms with Crippen LogP contribution < -0.4 is 0 Å². The molecular formula is C36H31Cl4NO7. The van der Waals surface area contributed by atoms with Gasteiger partial charge in [-0.15, -0.1) is 0 Å². The van der Waals surface area contributed by atoms with E-state index in [1.54, 1.807) is 0 Å². The molecule has 5 atom stereocenters. The molecule has 1 fully saturated rings. The average molecular weight is 731 g/mol. The summed E-state index contributed by atoms with van der Waals surface area (Å²) < 4.78 is 31.9. The summed E-state index contributed by atoms with van der Waals surface area (Å²) in [5, 5.41) is -0.543. The molecule has 0 spiro atoms. The molecule has 12 heteroatoms. The van der Waals surface area contributed by atoms with Crippen LogP contribution in [0, 0.1) is 0 Å². The smallest absolute Gasteiger partial charge is 0.263 e. The Morgan fingerprint density at radius 3 is 1.40 bits per heavy atom. The van der Waals surface area contributed by atoms with Crippen LogP contribution in [0.2, 0.25) is 20.1 Å². The van der Waals surface area contributed by atoms with E-state index in [4.69, 9.17) is 70.1 Å². The van der Waals surface area contributed by atoms with Crippen LogP contribution in [0.15, 0.2) is 91.0 Å². The maximum Gasteiger partial charge on any atom is 0.263 e. The predicted octanol–water partition coefficient (Wildman–Crippen LogP) is 8.02. The lowest BCUT2D eigenvalue weighted by Gasteiger charge is -2.46. The summed E-state index contributed by atoms with van der Waals surface area (Å²) in [5.74, 6) is -1.38. The van der Waals surface area contributed by atoms with Crippen LogP contribution in [0.25, 0.3) is 0 Å². The molecule has 0 aliphatic carbocycles. The van der Waals surface area contributed by atoms with E-state index in [1.165, 1.54) is 7.11 Å². The Labute approximate surface area is 298 Å². The molecule has 0 unspecified atom stereocenters. The minimum Gasteiger partial charge on any atom is -0.368 e. The summed E-state index contributed by atoms with van der Waals surface area (Å²) in [6.45, 7) is 0.405. The van der Waals surface area contributed by atoms with Gasteiger partial charge in [-0.05, 0) is 16.7 Å². The Kier molecular flexibility index (Phi) is 11.4. The van der Waals surface area contributed by atoms with Crippen LogP contribution in [0.3, 0.4) is 0 Å². The van der Waals surface area contributed by atoms with Gasteiger partial charge in [0.15, 0.2) is 6.29 Å². The van der Waals surface area contributed by atoms with Crippen molar-refractivity contribution in [1.82, 2.24) is 4.90 Å². The Bertz CT molecular complexity index is 1700. The molecule has 4 aromatic rings. The standard InChI is InChI=1S/C36H31Cl4NO7/c1-44-36-33(47-20-23-15-9-4-10-16-23)32(46-19-22-13-7-3-8-14-22)31(45-18-21-11-5-2-6-12-21)24(48-36)17-41-34(42)25-26(35(41)43)28(38)30(40)29(39)27(25)37/h2-16,24,31-33,36H,17-20H2,1H3/t24-,31-,32+,33-,36-/m1/s1. The number of nitrogens with zero attached hydrogens (tertiary/aromatic N) is 1. The zero-order chi connectivity index (χ0) is 33.8. The first-order valence-electron chi connectivity index (χ1n) is 15.2. The molecule has 0 aromatic heterocycles. The topological polar surface area (TPSA) is 83.5 Å². The van der Waals surface area contributed by atoms with Crippen LogP contribution in [-0.4, -0.2) is 61.1 Å². The molecule has 8 nitrogen and oxygen atoms in total. The van der Waals surface area contributed by atoms with Gasteiger partial charge in [0.05, 0.1) is 57.6 Å². The van der Waals surface area contributed by atoms with Crippen LogP contribution >= 0.6 is 46.4 Å². The zero-order valence-corrected chi connectivity index (χ0v) is 28.7. The van der Waals surface area contributed by atoms with E-state index in [9.17, 15) is 9.59 Å². The lowest BCUT2D eigenvalue weighted by molar-refractivity contribution is -0.318. The predicted molar refractivity (Wildman–Crippen MR) is 183 cm³/mol. The van der Waals surface area contributed by atoms with Crippen molar-refractivity contribution in [2.24, 2.45) is 0 Å². The van der Waals surface area contributed by atoms with Crippen LogP contribution in [-0.2, 0) is 43.5 Å². The number of benzene rings is 4. The molecule has 2 amide bonds. The van der Waals surface area contributed by atoms with E-state index in [2.05, 4.69) is 0 Å². The Morgan fingerprint density at radius 2 is 0.979 bits per heavy atom. The molecule has 2 heterocycles. The summed E-state index contributed by atoms with van der Waals surface area (Å²) in [5.41, 5.74) is 2.52. The number of hydrogen-bond donors (Lipinski definition) is 0. The lowest BCUT2D eigenvalue weighted by atomic mass is 9.97. The van der Waals surface area contributed by atoms with Crippen LogP contribution in [0.5, 0.6) is 0 Å². The quantitative estimate of drug-likeness (QED) is 0.0830. The van der Waals surface area contributed by atoms with Crippen molar-refractivity contribution >= 4 is 58.2 Å². The number of fused-ring (bicyclic) bond motifs is 1. The fraction of sp³-hybridized carbons (Fsp3) is 0.278. The summed E-state index contributed by atoms with van der Waals surface area (Å²) in [6.07, 6.45) is -4.26. The number of amides is 2. The number of carbonyl (C=O) groups is 2. The molecule has 0 radical (unpaired) electrons. The van der Waals surface area contributed by atoms with Crippen molar-refractivity contribution in [3.63, 3.8) is 0 Å². The zero-order valence-electron chi connectivity index (χ0n) is 25.7. The van der Waals surface area contributed by atoms with Gasteiger partial charge in [-0.25, -0.2) is 0 Å². The summed E-state index contributed by atoms with van der Waals surface area (Å²) in [7, 11) is 1.49. The Morgan fingerprint density at radius 1 is 0.583 bits per heavy atom.